The number of carbonyl (C=O) groups is 1. The largest absolute Gasteiger partial charge is 0.497 e. The molecule has 32 heavy (non-hydrogen) atoms. The number of benzene rings is 2. The van der Waals surface area contributed by atoms with Gasteiger partial charge >= 0.3 is 0 Å². The van der Waals surface area contributed by atoms with Crippen molar-refractivity contribution in [2.45, 2.75) is 30.4 Å². The van der Waals surface area contributed by atoms with E-state index in [9.17, 15) is 13.2 Å². The maximum Gasteiger partial charge on any atom is 0.227 e. The van der Waals surface area contributed by atoms with E-state index >= 15 is 0 Å². The van der Waals surface area contributed by atoms with Crippen LogP contribution < -0.4 is 10.1 Å². The first-order valence-electron chi connectivity index (χ1n) is 9.68. The van der Waals surface area contributed by atoms with Crippen LogP contribution in [0.15, 0.2) is 51.9 Å². The van der Waals surface area contributed by atoms with Crippen molar-refractivity contribution < 1.29 is 22.5 Å². The second kappa shape index (κ2) is 9.05. The molecule has 2 aromatic carbocycles. The number of sulfone groups is 1. The Balaban J connectivity index is 1.33. The van der Waals surface area contributed by atoms with Crippen molar-refractivity contribution in [2.75, 3.05) is 12.4 Å². The fourth-order valence-corrected chi connectivity index (χ4v) is 5.02. The van der Waals surface area contributed by atoms with Gasteiger partial charge in [0, 0.05) is 12.8 Å². The number of carbonyl (C=O) groups excluding carboxylic acids is 1. The summed E-state index contributed by atoms with van der Waals surface area (Å²) in [5.41, 5.74) is 1.73. The van der Waals surface area contributed by atoms with E-state index in [1.165, 1.54) is 11.3 Å². The molecule has 2 aromatic heterocycles. The fraction of sp³-hybridized carbons (Fsp3) is 0.238. The molecule has 0 aliphatic heterocycles. The van der Waals surface area contributed by atoms with Crippen LogP contribution in [0, 0.1) is 6.92 Å². The van der Waals surface area contributed by atoms with E-state index in [4.69, 9.17) is 9.26 Å². The number of hydrogen-bond acceptors (Lipinski definition) is 9. The highest BCUT2D eigenvalue weighted by Gasteiger charge is 2.20. The van der Waals surface area contributed by atoms with Crippen molar-refractivity contribution in [3.05, 3.63) is 59.7 Å². The molecule has 0 fully saturated rings. The summed E-state index contributed by atoms with van der Waals surface area (Å²) in [6.07, 6.45) is 0.272. The molecule has 9 nitrogen and oxygen atoms in total. The fourth-order valence-electron chi connectivity index (χ4n) is 2.94. The number of thiazole rings is 1. The van der Waals surface area contributed by atoms with Gasteiger partial charge < -0.3 is 14.6 Å². The van der Waals surface area contributed by atoms with Gasteiger partial charge in [0.15, 0.2) is 20.8 Å². The number of anilines is 1. The van der Waals surface area contributed by atoms with Crippen molar-refractivity contribution in [1.82, 2.24) is 15.1 Å². The molecular formula is C21H20N4O5S2. The number of ether oxygens (including phenoxy) is 1. The molecule has 2 heterocycles. The summed E-state index contributed by atoms with van der Waals surface area (Å²) in [6, 6.07) is 12.0. The highest BCUT2D eigenvalue weighted by atomic mass is 32.2. The molecule has 0 aliphatic carbocycles. The van der Waals surface area contributed by atoms with E-state index in [2.05, 4.69) is 20.4 Å². The minimum absolute atomic E-state index is 0.0566. The molecule has 1 N–H and O–H groups in total. The first-order chi connectivity index (χ1) is 15.3. The molecule has 0 atom stereocenters. The average molecular weight is 473 g/mol. The number of amides is 1. The lowest BCUT2D eigenvalue weighted by Gasteiger charge is -2.01. The van der Waals surface area contributed by atoms with E-state index in [1.54, 1.807) is 37.4 Å². The van der Waals surface area contributed by atoms with Crippen LogP contribution >= 0.6 is 11.3 Å². The predicted octanol–water partition coefficient (Wildman–Crippen LogP) is 3.54. The molecule has 0 unspecified atom stereocenters. The van der Waals surface area contributed by atoms with Crippen molar-refractivity contribution >= 4 is 42.4 Å². The van der Waals surface area contributed by atoms with Crippen LogP contribution in [0.2, 0.25) is 0 Å². The van der Waals surface area contributed by atoms with Crippen LogP contribution in [0.3, 0.4) is 0 Å². The Morgan fingerprint density at radius 3 is 2.69 bits per heavy atom. The second-order valence-electron chi connectivity index (χ2n) is 7.08. The van der Waals surface area contributed by atoms with Crippen LogP contribution in [0.25, 0.3) is 10.2 Å². The van der Waals surface area contributed by atoms with Crippen molar-refractivity contribution in [3.63, 3.8) is 0 Å². The van der Waals surface area contributed by atoms with E-state index in [1.807, 2.05) is 19.1 Å². The van der Waals surface area contributed by atoms with Crippen LogP contribution in [-0.4, -0.2) is 36.6 Å². The zero-order chi connectivity index (χ0) is 22.7. The third-order valence-corrected chi connectivity index (χ3v) is 7.18. The van der Waals surface area contributed by atoms with Gasteiger partial charge in [0.25, 0.3) is 0 Å². The highest BCUT2D eigenvalue weighted by Crippen LogP contribution is 2.29. The van der Waals surface area contributed by atoms with Gasteiger partial charge in [-0.3, -0.25) is 4.79 Å². The van der Waals surface area contributed by atoms with Gasteiger partial charge in [-0.2, -0.15) is 4.98 Å². The lowest BCUT2D eigenvalue weighted by atomic mass is 10.2. The minimum Gasteiger partial charge on any atom is -0.497 e. The Morgan fingerprint density at radius 2 is 1.94 bits per heavy atom. The number of nitrogens with zero attached hydrogens (tertiary/aromatic N) is 3. The molecule has 166 valence electrons. The number of hydrogen-bond donors (Lipinski definition) is 1. The lowest BCUT2D eigenvalue weighted by molar-refractivity contribution is -0.116. The zero-order valence-electron chi connectivity index (χ0n) is 17.4. The van der Waals surface area contributed by atoms with E-state index in [0.717, 1.165) is 21.5 Å². The summed E-state index contributed by atoms with van der Waals surface area (Å²) in [6.45, 7) is 1.88. The van der Waals surface area contributed by atoms with Crippen molar-refractivity contribution in [3.8, 4) is 5.75 Å². The van der Waals surface area contributed by atoms with Gasteiger partial charge in [-0.15, -0.1) is 0 Å². The summed E-state index contributed by atoms with van der Waals surface area (Å²) >= 11 is 1.34. The first-order valence-corrected chi connectivity index (χ1v) is 12.1. The Morgan fingerprint density at radius 1 is 1.16 bits per heavy atom. The molecule has 4 aromatic rings. The number of rotatable bonds is 8. The minimum atomic E-state index is -3.59. The summed E-state index contributed by atoms with van der Waals surface area (Å²) in [5.74, 6) is 0.337. The molecular weight excluding hydrogens is 452 g/mol. The van der Waals surface area contributed by atoms with Crippen LogP contribution in [0.4, 0.5) is 5.13 Å². The Bertz CT molecular complexity index is 1360. The van der Waals surface area contributed by atoms with E-state index in [-0.39, 0.29) is 41.1 Å². The van der Waals surface area contributed by atoms with Crippen molar-refractivity contribution in [1.29, 1.82) is 0 Å². The van der Waals surface area contributed by atoms with Gasteiger partial charge in [-0.1, -0.05) is 34.2 Å². The molecule has 11 heteroatoms. The lowest BCUT2D eigenvalue weighted by Crippen LogP contribution is -2.12. The number of aryl methyl sites for hydroxylation is 2. The molecule has 0 saturated heterocycles. The van der Waals surface area contributed by atoms with Gasteiger partial charge in [-0.05, 0) is 37.3 Å². The summed E-state index contributed by atoms with van der Waals surface area (Å²) in [4.78, 5) is 21.0. The molecule has 0 aliphatic rings. The molecule has 4 rings (SSSR count). The number of aromatic nitrogens is 3. The Kier molecular flexibility index (Phi) is 6.19. The molecule has 1 amide bonds. The maximum absolute atomic E-state index is 12.5. The smallest absolute Gasteiger partial charge is 0.227 e. The Labute approximate surface area is 188 Å². The standard InChI is InChI=1S/C21H20N4O5S2/c1-13-3-6-15(7-4-13)32(27,28)12-18-23-20(30-25-18)10-9-19(26)24-21-22-16-8-5-14(29-2)11-17(16)31-21/h3-8,11H,9-10,12H2,1-2H3,(H,22,24,26). The number of methoxy groups -OCH3 is 1. The summed E-state index contributed by atoms with van der Waals surface area (Å²) in [5, 5.41) is 6.96. The third-order valence-electron chi connectivity index (χ3n) is 4.62. The first kappa shape index (κ1) is 21.9. The summed E-state index contributed by atoms with van der Waals surface area (Å²) < 4.78 is 36.2. The molecule has 0 spiro atoms. The molecule has 0 bridgehead atoms. The zero-order valence-corrected chi connectivity index (χ0v) is 19.0. The Hall–Kier alpha value is -3.31. The van der Waals surface area contributed by atoms with E-state index < -0.39 is 9.84 Å². The van der Waals surface area contributed by atoms with Crippen LogP contribution in [0.1, 0.15) is 23.7 Å². The summed E-state index contributed by atoms with van der Waals surface area (Å²) in [7, 11) is -2.00. The van der Waals surface area contributed by atoms with Gasteiger partial charge in [0.05, 0.1) is 22.2 Å². The van der Waals surface area contributed by atoms with Gasteiger partial charge in [0.1, 0.15) is 11.5 Å². The maximum atomic E-state index is 12.5. The third kappa shape index (κ3) is 5.11. The number of nitrogens with one attached hydrogen (secondary N) is 1. The van der Waals surface area contributed by atoms with Gasteiger partial charge in [-0.25, -0.2) is 13.4 Å². The van der Waals surface area contributed by atoms with Crippen molar-refractivity contribution in [2.24, 2.45) is 0 Å². The SMILES string of the molecule is COc1ccc2nc(NC(=O)CCc3nc(CS(=O)(=O)c4ccc(C)cc4)no3)sc2c1. The number of fused-ring (bicyclic) bond motifs is 1. The molecule has 0 saturated carbocycles. The topological polar surface area (TPSA) is 124 Å². The highest BCUT2D eigenvalue weighted by molar-refractivity contribution is 7.90. The molecule has 0 radical (unpaired) electrons. The normalized spacial score (nSPS) is 11.6. The van der Waals surface area contributed by atoms with E-state index in [0.29, 0.717) is 5.13 Å². The predicted molar refractivity (Wildman–Crippen MR) is 119 cm³/mol. The quantitative estimate of drug-likeness (QED) is 0.413. The van der Waals surface area contributed by atoms with Crippen LogP contribution in [0.5, 0.6) is 5.75 Å². The van der Waals surface area contributed by atoms with Gasteiger partial charge in [0.2, 0.25) is 11.8 Å². The monoisotopic (exact) mass is 472 g/mol. The van der Waals surface area contributed by atoms with Crippen LogP contribution in [-0.2, 0) is 26.8 Å². The second-order valence-corrected chi connectivity index (χ2v) is 10.1. The average Bonchev–Trinajstić information content (AvgIpc) is 3.37.